The van der Waals surface area contributed by atoms with Gasteiger partial charge in [-0.15, -0.1) is 0 Å². The van der Waals surface area contributed by atoms with Crippen LogP contribution in [0, 0.1) is 6.92 Å². The number of hydrogen-bond acceptors (Lipinski definition) is 4. The zero-order valence-corrected chi connectivity index (χ0v) is 16.5. The summed E-state index contributed by atoms with van der Waals surface area (Å²) in [5.41, 5.74) is 3.76. The minimum Gasteiger partial charge on any atom is -0.372 e. The molecule has 144 valence electrons. The van der Waals surface area contributed by atoms with Crippen molar-refractivity contribution in [2.75, 3.05) is 29.4 Å². The molecule has 0 bridgehead atoms. The molecule has 1 aromatic heterocycles. The van der Waals surface area contributed by atoms with Crippen molar-refractivity contribution in [3.05, 3.63) is 53.9 Å². The van der Waals surface area contributed by atoms with E-state index in [1.54, 1.807) is 12.4 Å². The number of pyridine rings is 1. The SMILES string of the molecule is CCN(CC)c1ccc(N(CC(=O)NCc2cccnc2)C(C)=O)c(C)c1. The number of carbonyl (C=O) groups excluding carboxylic acids is 2. The van der Waals surface area contributed by atoms with Crippen LogP contribution in [0.2, 0.25) is 0 Å². The molecule has 0 aliphatic rings. The van der Waals surface area contributed by atoms with Gasteiger partial charge in [0.1, 0.15) is 6.54 Å². The molecule has 6 heteroatoms. The van der Waals surface area contributed by atoms with E-state index in [1.165, 1.54) is 11.8 Å². The number of nitrogens with one attached hydrogen (secondary N) is 1. The maximum atomic E-state index is 12.4. The first kappa shape index (κ1) is 20.4. The van der Waals surface area contributed by atoms with Crippen LogP contribution in [0.5, 0.6) is 0 Å². The van der Waals surface area contributed by atoms with Crippen LogP contribution in [0.25, 0.3) is 0 Å². The van der Waals surface area contributed by atoms with Gasteiger partial charge in [0.05, 0.1) is 0 Å². The molecule has 0 aliphatic heterocycles. The fourth-order valence-electron chi connectivity index (χ4n) is 3.00. The summed E-state index contributed by atoms with van der Waals surface area (Å²) in [5, 5.41) is 2.84. The van der Waals surface area contributed by atoms with Crippen molar-refractivity contribution in [2.45, 2.75) is 34.2 Å². The molecule has 27 heavy (non-hydrogen) atoms. The zero-order chi connectivity index (χ0) is 19.8. The van der Waals surface area contributed by atoms with E-state index in [9.17, 15) is 9.59 Å². The van der Waals surface area contributed by atoms with E-state index in [2.05, 4.69) is 35.1 Å². The van der Waals surface area contributed by atoms with Crippen LogP contribution >= 0.6 is 0 Å². The first-order valence-corrected chi connectivity index (χ1v) is 9.25. The molecule has 0 atom stereocenters. The smallest absolute Gasteiger partial charge is 0.240 e. The minimum absolute atomic E-state index is 0.0128. The van der Waals surface area contributed by atoms with E-state index in [1.807, 2.05) is 31.2 Å². The van der Waals surface area contributed by atoms with Crippen molar-refractivity contribution in [1.29, 1.82) is 0 Å². The van der Waals surface area contributed by atoms with Crippen LogP contribution < -0.4 is 15.1 Å². The van der Waals surface area contributed by atoms with Gasteiger partial charge in [-0.05, 0) is 56.2 Å². The second-order valence-corrected chi connectivity index (χ2v) is 6.39. The monoisotopic (exact) mass is 368 g/mol. The summed E-state index contributed by atoms with van der Waals surface area (Å²) in [7, 11) is 0. The molecule has 0 radical (unpaired) electrons. The molecule has 0 aliphatic carbocycles. The lowest BCUT2D eigenvalue weighted by atomic mass is 10.1. The van der Waals surface area contributed by atoms with Gasteiger partial charge >= 0.3 is 0 Å². The van der Waals surface area contributed by atoms with Crippen molar-refractivity contribution in [3.63, 3.8) is 0 Å². The van der Waals surface area contributed by atoms with Gasteiger partial charge in [0.15, 0.2) is 0 Å². The van der Waals surface area contributed by atoms with Crippen LogP contribution in [0.3, 0.4) is 0 Å². The van der Waals surface area contributed by atoms with Gasteiger partial charge in [0.25, 0.3) is 0 Å². The second kappa shape index (κ2) is 9.71. The number of benzene rings is 1. The van der Waals surface area contributed by atoms with E-state index in [0.717, 1.165) is 35.6 Å². The highest BCUT2D eigenvalue weighted by Gasteiger charge is 2.18. The Labute approximate surface area is 161 Å². The molecule has 2 rings (SSSR count). The van der Waals surface area contributed by atoms with E-state index in [4.69, 9.17) is 0 Å². The predicted octanol–water partition coefficient (Wildman–Crippen LogP) is 2.91. The average molecular weight is 368 g/mol. The fraction of sp³-hybridized carbons (Fsp3) is 0.381. The van der Waals surface area contributed by atoms with Crippen LogP contribution in [0.1, 0.15) is 31.9 Å². The Balaban J connectivity index is 2.10. The fourth-order valence-corrected chi connectivity index (χ4v) is 3.00. The van der Waals surface area contributed by atoms with Gasteiger partial charge in [-0.3, -0.25) is 14.6 Å². The predicted molar refractivity (Wildman–Crippen MR) is 109 cm³/mol. The molecule has 0 unspecified atom stereocenters. The highest BCUT2D eigenvalue weighted by Crippen LogP contribution is 2.26. The summed E-state index contributed by atoms with van der Waals surface area (Å²) in [6.45, 7) is 9.88. The Morgan fingerprint density at radius 2 is 1.89 bits per heavy atom. The molecular formula is C21H28N4O2. The number of anilines is 2. The lowest BCUT2D eigenvalue weighted by molar-refractivity contribution is -0.123. The summed E-state index contributed by atoms with van der Waals surface area (Å²) in [6, 6.07) is 9.69. The third kappa shape index (κ3) is 5.54. The highest BCUT2D eigenvalue weighted by atomic mass is 16.2. The quantitative estimate of drug-likeness (QED) is 0.778. The lowest BCUT2D eigenvalue weighted by Gasteiger charge is -2.26. The number of aryl methyl sites for hydroxylation is 1. The zero-order valence-electron chi connectivity index (χ0n) is 16.5. The van der Waals surface area contributed by atoms with Gasteiger partial charge in [-0.25, -0.2) is 0 Å². The summed E-state index contributed by atoms with van der Waals surface area (Å²) >= 11 is 0. The van der Waals surface area contributed by atoms with Crippen molar-refractivity contribution in [2.24, 2.45) is 0 Å². The topological polar surface area (TPSA) is 65.5 Å². The first-order valence-electron chi connectivity index (χ1n) is 9.25. The van der Waals surface area contributed by atoms with Gasteiger partial charge in [-0.2, -0.15) is 0 Å². The van der Waals surface area contributed by atoms with Gasteiger partial charge in [0, 0.05) is 50.3 Å². The van der Waals surface area contributed by atoms with Crippen LogP contribution in [-0.4, -0.2) is 36.4 Å². The van der Waals surface area contributed by atoms with Gasteiger partial charge in [0.2, 0.25) is 11.8 Å². The molecule has 2 aromatic rings. The maximum Gasteiger partial charge on any atom is 0.240 e. The van der Waals surface area contributed by atoms with E-state index in [0.29, 0.717) is 6.54 Å². The number of amides is 2. The second-order valence-electron chi connectivity index (χ2n) is 6.39. The van der Waals surface area contributed by atoms with Crippen molar-refractivity contribution in [3.8, 4) is 0 Å². The summed E-state index contributed by atoms with van der Waals surface area (Å²) in [5.74, 6) is -0.369. The molecule has 1 aromatic carbocycles. The van der Waals surface area contributed by atoms with Crippen molar-refractivity contribution >= 4 is 23.2 Å². The molecule has 0 fully saturated rings. The third-order valence-electron chi connectivity index (χ3n) is 4.49. The Hall–Kier alpha value is -2.89. The molecule has 2 amide bonds. The van der Waals surface area contributed by atoms with E-state index < -0.39 is 0 Å². The number of nitrogens with zero attached hydrogens (tertiary/aromatic N) is 3. The van der Waals surface area contributed by atoms with Crippen LogP contribution in [0.15, 0.2) is 42.7 Å². The van der Waals surface area contributed by atoms with Gasteiger partial charge in [-0.1, -0.05) is 6.07 Å². The van der Waals surface area contributed by atoms with E-state index >= 15 is 0 Å². The summed E-state index contributed by atoms with van der Waals surface area (Å²) < 4.78 is 0. The number of carbonyl (C=O) groups is 2. The average Bonchev–Trinajstić information content (AvgIpc) is 2.66. The number of aromatic nitrogens is 1. The largest absolute Gasteiger partial charge is 0.372 e. The number of hydrogen-bond donors (Lipinski definition) is 1. The van der Waals surface area contributed by atoms with Crippen molar-refractivity contribution < 1.29 is 9.59 Å². The van der Waals surface area contributed by atoms with Crippen LogP contribution in [-0.2, 0) is 16.1 Å². The Bertz CT molecular complexity index is 773. The van der Waals surface area contributed by atoms with Gasteiger partial charge < -0.3 is 15.1 Å². The Kier molecular flexibility index (Phi) is 7.34. The molecular weight excluding hydrogens is 340 g/mol. The maximum absolute atomic E-state index is 12.4. The van der Waals surface area contributed by atoms with Crippen LogP contribution in [0.4, 0.5) is 11.4 Å². The molecule has 1 N–H and O–H groups in total. The summed E-state index contributed by atoms with van der Waals surface area (Å²) in [6.07, 6.45) is 3.40. The minimum atomic E-state index is -0.207. The molecule has 0 saturated carbocycles. The Morgan fingerprint density at radius 1 is 1.15 bits per heavy atom. The summed E-state index contributed by atoms with van der Waals surface area (Å²) in [4.78, 5) is 32.3. The number of rotatable bonds is 8. The first-order chi connectivity index (χ1) is 13.0. The van der Waals surface area contributed by atoms with Crippen molar-refractivity contribution in [1.82, 2.24) is 10.3 Å². The highest BCUT2D eigenvalue weighted by molar-refractivity contribution is 5.98. The molecule has 0 saturated heterocycles. The lowest BCUT2D eigenvalue weighted by Crippen LogP contribution is -2.40. The molecule has 6 nitrogen and oxygen atoms in total. The molecule has 0 spiro atoms. The molecule has 1 heterocycles. The normalized spacial score (nSPS) is 10.4. The van der Waals surface area contributed by atoms with E-state index in [-0.39, 0.29) is 18.4 Å². The Morgan fingerprint density at radius 3 is 2.44 bits per heavy atom. The third-order valence-corrected chi connectivity index (χ3v) is 4.49. The standard InChI is InChI=1S/C21H28N4O2/c1-5-24(6-2)19-9-10-20(16(3)12-19)25(17(4)26)15-21(27)23-14-18-8-7-11-22-13-18/h7-13H,5-6,14-15H2,1-4H3,(H,23,27).